The second-order valence-electron chi connectivity index (χ2n) is 7.84. The number of nitrogens with one attached hydrogen (secondary N) is 4. The number of aryl methyl sites for hydroxylation is 1. The highest BCUT2D eigenvalue weighted by atomic mass is 16.2. The standard InChI is InChI=1S/C27H22N4O2/c1-17-12-13-20(29-26(32)18-7-3-2-4-8-18)16-24(17)30-23-11-5-10-21-22(27(33)31-25(21)23)15-19-9-6-14-28-19/h2-16,28,30H,1H3,(H,29,32)(H,31,33). The predicted molar refractivity (Wildman–Crippen MR) is 133 cm³/mol. The first kappa shape index (κ1) is 20.3. The summed E-state index contributed by atoms with van der Waals surface area (Å²) in [4.78, 5) is 28.3. The van der Waals surface area contributed by atoms with Crippen molar-refractivity contribution in [1.82, 2.24) is 4.98 Å². The Kier molecular flexibility index (Phi) is 5.24. The topological polar surface area (TPSA) is 86.0 Å². The molecular weight excluding hydrogens is 412 g/mol. The van der Waals surface area contributed by atoms with Gasteiger partial charge in [-0.2, -0.15) is 0 Å². The van der Waals surface area contributed by atoms with Gasteiger partial charge in [-0.1, -0.05) is 36.4 Å². The number of fused-ring (bicyclic) bond motifs is 1. The van der Waals surface area contributed by atoms with Gasteiger partial charge in [0.05, 0.1) is 16.9 Å². The number of amides is 2. The molecule has 0 unspecified atom stereocenters. The molecule has 2 heterocycles. The summed E-state index contributed by atoms with van der Waals surface area (Å²) in [7, 11) is 0. The number of anilines is 4. The fourth-order valence-electron chi connectivity index (χ4n) is 3.82. The van der Waals surface area contributed by atoms with Crippen molar-refractivity contribution >= 4 is 46.2 Å². The minimum Gasteiger partial charge on any atom is -0.362 e. The molecule has 1 aliphatic rings. The van der Waals surface area contributed by atoms with Gasteiger partial charge in [0, 0.05) is 34.4 Å². The molecule has 2 amide bonds. The fourth-order valence-corrected chi connectivity index (χ4v) is 3.82. The van der Waals surface area contributed by atoms with Crippen LogP contribution in [0.15, 0.2) is 85.1 Å². The number of carbonyl (C=O) groups excluding carboxylic acids is 2. The molecule has 162 valence electrons. The SMILES string of the molecule is Cc1ccc(NC(=O)c2ccccc2)cc1Nc1cccc2c1NC(=O)C2=Cc1ccc[nH]1. The molecule has 4 aromatic rings. The molecule has 5 rings (SSSR count). The van der Waals surface area contributed by atoms with E-state index in [4.69, 9.17) is 0 Å². The van der Waals surface area contributed by atoms with E-state index in [1.54, 1.807) is 12.1 Å². The lowest BCUT2D eigenvalue weighted by molar-refractivity contribution is -0.110. The van der Waals surface area contributed by atoms with Crippen molar-refractivity contribution in [1.29, 1.82) is 0 Å². The average Bonchev–Trinajstić information content (AvgIpc) is 3.45. The number of para-hydroxylation sites is 1. The second kappa shape index (κ2) is 8.51. The van der Waals surface area contributed by atoms with Gasteiger partial charge in [0.2, 0.25) is 0 Å². The van der Waals surface area contributed by atoms with E-state index in [9.17, 15) is 9.59 Å². The number of aromatic nitrogens is 1. The monoisotopic (exact) mass is 434 g/mol. The van der Waals surface area contributed by atoms with E-state index in [2.05, 4.69) is 20.9 Å². The lowest BCUT2D eigenvalue weighted by atomic mass is 10.0. The number of aromatic amines is 1. The summed E-state index contributed by atoms with van der Waals surface area (Å²) in [5.74, 6) is -0.313. The van der Waals surface area contributed by atoms with Crippen molar-refractivity contribution in [3.05, 3.63) is 107 Å². The van der Waals surface area contributed by atoms with Gasteiger partial charge >= 0.3 is 0 Å². The lowest BCUT2D eigenvalue weighted by Crippen LogP contribution is -2.12. The van der Waals surface area contributed by atoms with Crippen LogP contribution in [-0.4, -0.2) is 16.8 Å². The molecule has 0 saturated carbocycles. The number of benzene rings is 3. The number of rotatable bonds is 5. The molecule has 0 radical (unpaired) electrons. The molecule has 3 aromatic carbocycles. The summed E-state index contributed by atoms with van der Waals surface area (Å²) in [6.07, 6.45) is 3.67. The van der Waals surface area contributed by atoms with Gasteiger partial charge in [-0.3, -0.25) is 9.59 Å². The van der Waals surface area contributed by atoms with Crippen molar-refractivity contribution in [3.63, 3.8) is 0 Å². The van der Waals surface area contributed by atoms with E-state index in [0.717, 1.165) is 33.9 Å². The molecule has 0 saturated heterocycles. The van der Waals surface area contributed by atoms with Gasteiger partial charge < -0.3 is 20.9 Å². The summed E-state index contributed by atoms with van der Waals surface area (Å²) in [5.41, 5.74) is 6.95. The summed E-state index contributed by atoms with van der Waals surface area (Å²) < 4.78 is 0. The Bertz CT molecular complexity index is 1370. The molecule has 0 aliphatic carbocycles. The Morgan fingerprint density at radius 3 is 2.55 bits per heavy atom. The van der Waals surface area contributed by atoms with Gasteiger partial charge in [-0.15, -0.1) is 0 Å². The van der Waals surface area contributed by atoms with Crippen LogP contribution in [0.5, 0.6) is 0 Å². The fraction of sp³-hybridized carbons (Fsp3) is 0.0370. The third kappa shape index (κ3) is 4.14. The van der Waals surface area contributed by atoms with Crippen LogP contribution in [0.2, 0.25) is 0 Å². The van der Waals surface area contributed by atoms with Gasteiger partial charge in [0.1, 0.15) is 0 Å². The molecule has 0 bridgehead atoms. The third-order valence-corrected chi connectivity index (χ3v) is 5.56. The molecular formula is C27H22N4O2. The van der Waals surface area contributed by atoms with Crippen molar-refractivity contribution in [2.45, 2.75) is 6.92 Å². The van der Waals surface area contributed by atoms with E-state index in [1.165, 1.54) is 0 Å². The van der Waals surface area contributed by atoms with Gasteiger partial charge in [-0.25, -0.2) is 0 Å². The maximum absolute atomic E-state index is 12.7. The molecule has 6 nitrogen and oxygen atoms in total. The lowest BCUT2D eigenvalue weighted by Gasteiger charge is -2.15. The van der Waals surface area contributed by atoms with Crippen LogP contribution in [0.25, 0.3) is 11.6 Å². The van der Waals surface area contributed by atoms with E-state index in [0.29, 0.717) is 16.8 Å². The number of hydrogen-bond donors (Lipinski definition) is 4. The number of carbonyl (C=O) groups is 2. The molecule has 1 aliphatic heterocycles. The van der Waals surface area contributed by atoms with Crippen LogP contribution in [0, 0.1) is 6.92 Å². The quantitative estimate of drug-likeness (QED) is 0.299. The second-order valence-corrected chi connectivity index (χ2v) is 7.84. The number of H-pyrrole nitrogens is 1. The zero-order valence-corrected chi connectivity index (χ0v) is 18.0. The van der Waals surface area contributed by atoms with Gasteiger partial charge in [0.15, 0.2) is 0 Å². The highest BCUT2D eigenvalue weighted by Gasteiger charge is 2.26. The maximum atomic E-state index is 12.7. The Hall–Kier alpha value is -4.58. The minimum absolute atomic E-state index is 0.144. The summed E-state index contributed by atoms with van der Waals surface area (Å²) in [5, 5.41) is 9.35. The highest BCUT2D eigenvalue weighted by molar-refractivity contribution is 6.36. The van der Waals surface area contributed by atoms with Crippen LogP contribution in [-0.2, 0) is 4.79 Å². The average molecular weight is 434 g/mol. The smallest absolute Gasteiger partial charge is 0.256 e. The van der Waals surface area contributed by atoms with E-state index < -0.39 is 0 Å². The molecule has 0 fully saturated rings. The van der Waals surface area contributed by atoms with Crippen molar-refractivity contribution in [2.75, 3.05) is 16.0 Å². The summed E-state index contributed by atoms with van der Waals surface area (Å²) in [6, 6.07) is 24.4. The molecule has 0 atom stereocenters. The first-order valence-electron chi connectivity index (χ1n) is 10.6. The van der Waals surface area contributed by atoms with Crippen molar-refractivity contribution in [3.8, 4) is 0 Å². The first-order valence-corrected chi connectivity index (χ1v) is 10.6. The van der Waals surface area contributed by atoms with E-state index in [-0.39, 0.29) is 11.8 Å². The van der Waals surface area contributed by atoms with Crippen LogP contribution < -0.4 is 16.0 Å². The Morgan fingerprint density at radius 1 is 0.909 bits per heavy atom. The molecule has 4 N–H and O–H groups in total. The largest absolute Gasteiger partial charge is 0.362 e. The van der Waals surface area contributed by atoms with Gasteiger partial charge in [0.25, 0.3) is 11.8 Å². The number of hydrogen-bond acceptors (Lipinski definition) is 3. The Balaban J connectivity index is 1.43. The van der Waals surface area contributed by atoms with Crippen LogP contribution >= 0.6 is 0 Å². The minimum atomic E-state index is -0.169. The van der Waals surface area contributed by atoms with Crippen molar-refractivity contribution in [2.24, 2.45) is 0 Å². The molecule has 6 heteroatoms. The van der Waals surface area contributed by atoms with Crippen LogP contribution in [0.3, 0.4) is 0 Å². The Morgan fingerprint density at radius 2 is 1.76 bits per heavy atom. The zero-order chi connectivity index (χ0) is 22.8. The van der Waals surface area contributed by atoms with Gasteiger partial charge in [-0.05, 0) is 61.0 Å². The zero-order valence-electron chi connectivity index (χ0n) is 18.0. The first-order chi connectivity index (χ1) is 16.1. The molecule has 0 spiro atoms. The van der Waals surface area contributed by atoms with Crippen molar-refractivity contribution < 1.29 is 9.59 Å². The molecule has 1 aromatic heterocycles. The maximum Gasteiger partial charge on any atom is 0.256 e. The van der Waals surface area contributed by atoms with E-state index in [1.807, 2.05) is 85.9 Å². The molecule has 33 heavy (non-hydrogen) atoms. The van der Waals surface area contributed by atoms with E-state index >= 15 is 0 Å². The van der Waals surface area contributed by atoms with Crippen LogP contribution in [0.4, 0.5) is 22.7 Å². The normalized spacial score (nSPS) is 13.5. The van der Waals surface area contributed by atoms with Crippen LogP contribution in [0.1, 0.15) is 27.2 Å². The third-order valence-electron chi connectivity index (χ3n) is 5.56. The predicted octanol–water partition coefficient (Wildman–Crippen LogP) is 5.81. The highest BCUT2D eigenvalue weighted by Crippen LogP contribution is 2.40. The summed E-state index contributed by atoms with van der Waals surface area (Å²) in [6.45, 7) is 1.99. The summed E-state index contributed by atoms with van der Waals surface area (Å²) >= 11 is 0. The Labute approximate surface area is 191 Å².